The molecular weight excluding hydrogens is 284 g/mol. The van der Waals surface area contributed by atoms with Crippen molar-refractivity contribution >= 4 is 17.7 Å². The minimum absolute atomic E-state index is 0.0237. The van der Waals surface area contributed by atoms with E-state index in [1.165, 1.54) is 10.5 Å². The normalized spacial score (nSPS) is 22.9. The summed E-state index contributed by atoms with van der Waals surface area (Å²) in [7, 11) is 0. The number of amides is 1. The van der Waals surface area contributed by atoms with Gasteiger partial charge in [-0.25, -0.2) is 0 Å². The molecule has 3 rings (SSSR count). The molecule has 2 aliphatic rings. The molecular formula is C16H22N2O2S. The number of hydrogen-bond acceptors (Lipinski definition) is 4. The van der Waals surface area contributed by atoms with Crippen LogP contribution < -0.4 is 0 Å². The van der Waals surface area contributed by atoms with Gasteiger partial charge in [-0.3, -0.25) is 9.69 Å². The Morgan fingerprint density at radius 3 is 2.95 bits per heavy atom. The van der Waals surface area contributed by atoms with Gasteiger partial charge in [0.15, 0.2) is 0 Å². The topological polar surface area (TPSA) is 43.8 Å². The first kappa shape index (κ1) is 14.9. The third-order valence-electron chi connectivity index (χ3n) is 4.31. The van der Waals surface area contributed by atoms with Gasteiger partial charge in [0.05, 0.1) is 12.5 Å². The Morgan fingerprint density at radius 2 is 2.10 bits per heavy atom. The summed E-state index contributed by atoms with van der Waals surface area (Å²) in [5.74, 6) is 1.17. The molecule has 0 radical (unpaired) electrons. The Labute approximate surface area is 130 Å². The molecule has 21 heavy (non-hydrogen) atoms. The number of hydrogen-bond donors (Lipinski definition) is 1. The Bertz CT molecular complexity index is 509. The van der Waals surface area contributed by atoms with Crippen LogP contribution in [-0.4, -0.2) is 65.9 Å². The van der Waals surface area contributed by atoms with Gasteiger partial charge < -0.3 is 10.0 Å². The maximum Gasteiger partial charge on any atom is 0.231 e. The average molecular weight is 306 g/mol. The van der Waals surface area contributed by atoms with Crippen molar-refractivity contribution in [1.82, 2.24) is 9.80 Å². The Kier molecular flexibility index (Phi) is 4.83. The summed E-state index contributed by atoms with van der Waals surface area (Å²) in [4.78, 5) is 18.3. The van der Waals surface area contributed by atoms with Crippen molar-refractivity contribution in [2.24, 2.45) is 0 Å². The molecule has 2 heterocycles. The summed E-state index contributed by atoms with van der Waals surface area (Å²) in [6.45, 7) is 4.37. The van der Waals surface area contributed by atoms with Crippen LogP contribution in [0, 0.1) is 0 Å². The number of benzene rings is 1. The van der Waals surface area contributed by atoms with Crippen molar-refractivity contribution < 1.29 is 9.90 Å². The van der Waals surface area contributed by atoms with Gasteiger partial charge in [0.25, 0.3) is 0 Å². The number of carbonyl (C=O) groups is 1. The Morgan fingerprint density at radius 1 is 1.24 bits per heavy atom. The largest absolute Gasteiger partial charge is 0.395 e. The molecule has 0 bridgehead atoms. The number of aliphatic hydroxyl groups excluding tert-OH is 1. The summed E-state index contributed by atoms with van der Waals surface area (Å²) in [5.41, 5.74) is 1.20. The molecule has 2 aliphatic heterocycles. The summed E-state index contributed by atoms with van der Waals surface area (Å²) in [6, 6.07) is 8.26. The van der Waals surface area contributed by atoms with E-state index in [1.807, 2.05) is 17.0 Å². The smallest absolute Gasteiger partial charge is 0.231 e. The molecule has 0 saturated carbocycles. The highest BCUT2D eigenvalue weighted by Gasteiger charge is 2.32. The third kappa shape index (κ3) is 3.25. The summed E-state index contributed by atoms with van der Waals surface area (Å²) in [5, 5.41) is 9.04. The van der Waals surface area contributed by atoms with Crippen molar-refractivity contribution in [2.75, 3.05) is 45.1 Å². The predicted octanol–water partition coefficient (Wildman–Crippen LogP) is 1.40. The van der Waals surface area contributed by atoms with Gasteiger partial charge in [-0.2, -0.15) is 0 Å². The number of nitrogens with zero attached hydrogens (tertiary/aromatic N) is 2. The lowest BCUT2D eigenvalue weighted by Crippen LogP contribution is -2.38. The van der Waals surface area contributed by atoms with Gasteiger partial charge in [-0.15, -0.1) is 11.8 Å². The molecule has 1 atom stereocenters. The maximum atomic E-state index is 12.8. The van der Waals surface area contributed by atoms with Crippen LogP contribution in [0.5, 0.6) is 0 Å². The second-order valence-corrected chi connectivity index (χ2v) is 6.71. The van der Waals surface area contributed by atoms with Gasteiger partial charge in [0, 0.05) is 36.8 Å². The molecule has 1 aromatic rings. The lowest BCUT2D eigenvalue weighted by molar-refractivity contribution is -0.132. The molecule has 4 nitrogen and oxygen atoms in total. The monoisotopic (exact) mass is 306 g/mol. The highest BCUT2D eigenvalue weighted by Crippen LogP contribution is 2.40. The zero-order valence-corrected chi connectivity index (χ0v) is 13.0. The fourth-order valence-electron chi connectivity index (χ4n) is 3.14. The van der Waals surface area contributed by atoms with Crippen LogP contribution in [0.1, 0.15) is 17.9 Å². The lowest BCUT2D eigenvalue weighted by Gasteiger charge is -2.24. The van der Waals surface area contributed by atoms with Crippen LogP contribution in [0.3, 0.4) is 0 Å². The molecule has 0 aromatic heterocycles. The van der Waals surface area contributed by atoms with Crippen LogP contribution in [-0.2, 0) is 4.79 Å². The van der Waals surface area contributed by atoms with E-state index in [-0.39, 0.29) is 18.4 Å². The second-order valence-electron chi connectivity index (χ2n) is 5.65. The summed E-state index contributed by atoms with van der Waals surface area (Å²) >= 11 is 1.79. The predicted molar refractivity (Wildman–Crippen MR) is 84.6 cm³/mol. The first-order valence-electron chi connectivity index (χ1n) is 7.63. The van der Waals surface area contributed by atoms with E-state index in [0.29, 0.717) is 6.54 Å². The van der Waals surface area contributed by atoms with Gasteiger partial charge in [-0.1, -0.05) is 18.2 Å². The van der Waals surface area contributed by atoms with E-state index in [1.54, 1.807) is 11.8 Å². The maximum absolute atomic E-state index is 12.8. The molecule has 0 spiro atoms. The van der Waals surface area contributed by atoms with Gasteiger partial charge in [0.1, 0.15) is 0 Å². The zero-order valence-electron chi connectivity index (χ0n) is 12.2. The van der Waals surface area contributed by atoms with Gasteiger partial charge >= 0.3 is 0 Å². The fraction of sp³-hybridized carbons (Fsp3) is 0.562. The minimum Gasteiger partial charge on any atom is -0.395 e. The van der Waals surface area contributed by atoms with E-state index in [4.69, 9.17) is 5.11 Å². The van der Waals surface area contributed by atoms with Gasteiger partial charge in [0.2, 0.25) is 5.91 Å². The quantitative estimate of drug-likeness (QED) is 0.917. The van der Waals surface area contributed by atoms with E-state index >= 15 is 0 Å². The van der Waals surface area contributed by atoms with Crippen LogP contribution in [0.4, 0.5) is 0 Å². The minimum atomic E-state index is 0.0237. The van der Waals surface area contributed by atoms with Crippen LogP contribution >= 0.6 is 11.8 Å². The zero-order chi connectivity index (χ0) is 14.7. The van der Waals surface area contributed by atoms with Crippen LogP contribution in [0.25, 0.3) is 0 Å². The Balaban J connectivity index is 1.66. The SMILES string of the molecule is O=C(C1CSc2ccccc21)N1CCCN(CCO)CC1. The van der Waals surface area contributed by atoms with Crippen molar-refractivity contribution in [3.8, 4) is 0 Å². The molecule has 1 unspecified atom stereocenters. The number of aliphatic hydroxyl groups is 1. The molecule has 1 fully saturated rings. The molecule has 0 aliphatic carbocycles. The van der Waals surface area contributed by atoms with Crippen molar-refractivity contribution in [3.63, 3.8) is 0 Å². The first-order valence-corrected chi connectivity index (χ1v) is 8.62. The molecule has 1 N–H and O–H groups in total. The van der Waals surface area contributed by atoms with Gasteiger partial charge in [-0.05, 0) is 24.6 Å². The number of fused-ring (bicyclic) bond motifs is 1. The summed E-state index contributed by atoms with van der Waals surface area (Å²) in [6.07, 6.45) is 0.993. The first-order chi connectivity index (χ1) is 10.3. The number of carbonyl (C=O) groups excluding carboxylic acids is 1. The van der Waals surface area contributed by atoms with Crippen molar-refractivity contribution in [3.05, 3.63) is 29.8 Å². The number of β-amino-alcohol motifs (C(OH)–C–C–N with tert-alkyl or cyclic N) is 1. The van der Waals surface area contributed by atoms with Crippen LogP contribution in [0.2, 0.25) is 0 Å². The molecule has 1 saturated heterocycles. The number of thioether (sulfide) groups is 1. The van der Waals surface area contributed by atoms with E-state index in [0.717, 1.165) is 38.4 Å². The molecule has 1 aromatic carbocycles. The highest BCUT2D eigenvalue weighted by molar-refractivity contribution is 7.99. The highest BCUT2D eigenvalue weighted by atomic mass is 32.2. The lowest BCUT2D eigenvalue weighted by atomic mass is 10.00. The average Bonchev–Trinajstić information content (AvgIpc) is 2.80. The second kappa shape index (κ2) is 6.81. The molecule has 5 heteroatoms. The van der Waals surface area contributed by atoms with E-state index < -0.39 is 0 Å². The van der Waals surface area contributed by atoms with Crippen LogP contribution in [0.15, 0.2) is 29.2 Å². The fourth-order valence-corrected chi connectivity index (χ4v) is 4.36. The molecule has 1 amide bonds. The van der Waals surface area contributed by atoms with E-state index in [2.05, 4.69) is 17.0 Å². The number of rotatable bonds is 3. The van der Waals surface area contributed by atoms with E-state index in [9.17, 15) is 4.79 Å². The Hall–Kier alpha value is -1.04. The summed E-state index contributed by atoms with van der Waals surface area (Å²) < 4.78 is 0. The third-order valence-corrected chi connectivity index (χ3v) is 5.50. The van der Waals surface area contributed by atoms with Crippen molar-refractivity contribution in [2.45, 2.75) is 17.2 Å². The molecule has 114 valence electrons. The van der Waals surface area contributed by atoms with Crippen molar-refractivity contribution in [1.29, 1.82) is 0 Å². The standard InChI is InChI=1S/C16H22N2O2S/c19-11-10-17-6-3-7-18(9-8-17)16(20)14-12-21-15-5-2-1-4-13(14)15/h1-2,4-5,14,19H,3,6-12H2.